The van der Waals surface area contributed by atoms with Gasteiger partial charge >= 0.3 is 0 Å². The highest BCUT2D eigenvalue weighted by molar-refractivity contribution is 7.98. The van der Waals surface area contributed by atoms with E-state index in [1.165, 1.54) is 0 Å². The van der Waals surface area contributed by atoms with Gasteiger partial charge in [0, 0.05) is 4.90 Å². The molecule has 3 N–H and O–H groups in total. The lowest BCUT2D eigenvalue weighted by Gasteiger charge is -2.11. The molecule has 1 amide bonds. The van der Waals surface area contributed by atoms with Crippen molar-refractivity contribution >= 4 is 29.0 Å². The van der Waals surface area contributed by atoms with Crippen LogP contribution in [0.5, 0.6) is 5.75 Å². The Morgan fingerprint density at radius 1 is 1.20 bits per heavy atom. The van der Waals surface area contributed by atoms with Gasteiger partial charge in [-0.2, -0.15) is 0 Å². The fraction of sp³-hybridized carbons (Fsp3) is 0.133. The number of anilines is 2. The number of nitrogens with one attached hydrogen (secondary N) is 1. The summed E-state index contributed by atoms with van der Waals surface area (Å²) in [5.41, 5.74) is 7.05. The maximum absolute atomic E-state index is 11.9. The number of hydrogen-bond donors (Lipinski definition) is 2. The number of thioether (sulfide) groups is 1. The molecule has 0 spiro atoms. The molecule has 4 nitrogen and oxygen atoms in total. The summed E-state index contributed by atoms with van der Waals surface area (Å²) in [4.78, 5) is 12.9. The van der Waals surface area contributed by atoms with Crippen LogP contribution >= 0.6 is 11.8 Å². The molecule has 0 aliphatic rings. The molecule has 0 saturated heterocycles. The summed E-state index contributed by atoms with van der Waals surface area (Å²) in [5.74, 6) is 0.301. The van der Waals surface area contributed by atoms with E-state index in [4.69, 9.17) is 10.5 Å². The Balaban J connectivity index is 1.95. The summed E-state index contributed by atoms with van der Waals surface area (Å²) in [6.07, 6.45) is 1.96. The van der Waals surface area contributed by atoms with Crippen molar-refractivity contribution in [2.24, 2.45) is 0 Å². The fourth-order valence-electron chi connectivity index (χ4n) is 1.69. The number of para-hydroxylation sites is 3. The number of benzene rings is 2. The molecule has 0 aliphatic heterocycles. The number of nitrogen functional groups attached to an aromatic ring is 1. The van der Waals surface area contributed by atoms with E-state index in [1.807, 2.05) is 42.7 Å². The molecule has 0 atom stereocenters. The summed E-state index contributed by atoms with van der Waals surface area (Å²) in [6, 6.07) is 14.7. The molecule has 0 aromatic heterocycles. The lowest BCUT2D eigenvalue weighted by atomic mass is 10.3. The van der Waals surface area contributed by atoms with E-state index in [0.717, 1.165) is 10.6 Å². The molecular formula is C15H16N2O2S. The van der Waals surface area contributed by atoms with E-state index in [0.29, 0.717) is 11.4 Å². The van der Waals surface area contributed by atoms with Crippen molar-refractivity contribution in [2.45, 2.75) is 4.90 Å². The molecule has 0 saturated carbocycles. The van der Waals surface area contributed by atoms with Crippen molar-refractivity contribution in [2.75, 3.05) is 23.9 Å². The van der Waals surface area contributed by atoms with Crippen molar-refractivity contribution in [3.63, 3.8) is 0 Å². The first kappa shape index (κ1) is 14.3. The molecule has 2 aromatic carbocycles. The van der Waals surface area contributed by atoms with Crippen LogP contribution in [0.3, 0.4) is 0 Å². The molecule has 0 fully saturated rings. The number of carbonyl (C=O) groups is 1. The van der Waals surface area contributed by atoms with Gasteiger partial charge in [-0.15, -0.1) is 11.8 Å². The Labute approximate surface area is 122 Å². The van der Waals surface area contributed by atoms with Gasteiger partial charge in [0.2, 0.25) is 0 Å². The average molecular weight is 288 g/mol. The zero-order valence-corrected chi connectivity index (χ0v) is 11.9. The maximum atomic E-state index is 11.9. The van der Waals surface area contributed by atoms with E-state index < -0.39 is 0 Å². The molecule has 2 aromatic rings. The number of carbonyl (C=O) groups excluding carboxylic acids is 1. The quantitative estimate of drug-likeness (QED) is 0.655. The highest BCUT2D eigenvalue weighted by atomic mass is 32.2. The van der Waals surface area contributed by atoms with Gasteiger partial charge in [-0.3, -0.25) is 4.79 Å². The maximum Gasteiger partial charge on any atom is 0.262 e. The lowest BCUT2D eigenvalue weighted by molar-refractivity contribution is -0.118. The van der Waals surface area contributed by atoms with Gasteiger partial charge in [-0.25, -0.2) is 0 Å². The van der Waals surface area contributed by atoms with Crippen molar-refractivity contribution in [1.82, 2.24) is 0 Å². The van der Waals surface area contributed by atoms with Gasteiger partial charge in [0.15, 0.2) is 6.61 Å². The third-order valence-corrected chi connectivity index (χ3v) is 3.45. The molecule has 0 unspecified atom stereocenters. The lowest BCUT2D eigenvalue weighted by Crippen LogP contribution is -2.20. The summed E-state index contributed by atoms with van der Waals surface area (Å²) in [7, 11) is 0. The second-order valence-electron chi connectivity index (χ2n) is 4.07. The Hall–Kier alpha value is -2.14. The summed E-state index contributed by atoms with van der Waals surface area (Å²) >= 11 is 1.58. The van der Waals surface area contributed by atoms with E-state index in [1.54, 1.807) is 23.9 Å². The van der Waals surface area contributed by atoms with Crippen LogP contribution < -0.4 is 15.8 Å². The van der Waals surface area contributed by atoms with Gasteiger partial charge in [0.25, 0.3) is 5.91 Å². The van der Waals surface area contributed by atoms with Gasteiger partial charge in [-0.1, -0.05) is 24.3 Å². The second kappa shape index (κ2) is 6.86. The monoisotopic (exact) mass is 288 g/mol. The van der Waals surface area contributed by atoms with Gasteiger partial charge in [-0.05, 0) is 30.5 Å². The molecule has 0 heterocycles. The fourth-order valence-corrected chi connectivity index (χ4v) is 2.24. The van der Waals surface area contributed by atoms with Crippen LogP contribution in [0.1, 0.15) is 0 Å². The van der Waals surface area contributed by atoms with Gasteiger partial charge < -0.3 is 15.8 Å². The van der Waals surface area contributed by atoms with Crippen LogP contribution in [0, 0.1) is 0 Å². The van der Waals surface area contributed by atoms with Gasteiger partial charge in [0.1, 0.15) is 5.75 Å². The molecule has 104 valence electrons. The number of ether oxygens (including phenoxy) is 1. The highest BCUT2D eigenvalue weighted by Gasteiger charge is 2.07. The first-order chi connectivity index (χ1) is 9.70. The summed E-state index contributed by atoms with van der Waals surface area (Å²) in [6.45, 7) is -0.0725. The van der Waals surface area contributed by atoms with Crippen molar-refractivity contribution in [1.29, 1.82) is 0 Å². The highest BCUT2D eigenvalue weighted by Crippen LogP contribution is 2.24. The Morgan fingerprint density at radius 2 is 1.90 bits per heavy atom. The van der Waals surface area contributed by atoms with Crippen LogP contribution in [0.15, 0.2) is 53.4 Å². The third-order valence-electron chi connectivity index (χ3n) is 2.66. The van der Waals surface area contributed by atoms with Crippen molar-refractivity contribution < 1.29 is 9.53 Å². The zero-order chi connectivity index (χ0) is 14.4. The zero-order valence-electron chi connectivity index (χ0n) is 11.1. The predicted molar refractivity (Wildman–Crippen MR) is 83.2 cm³/mol. The number of rotatable bonds is 5. The molecule has 0 radical (unpaired) electrons. The van der Waals surface area contributed by atoms with Crippen LogP contribution in [-0.2, 0) is 4.79 Å². The Morgan fingerprint density at radius 3 is 2.65 bits per heavy atom. The van der Waals surface area contributed by atoms with Crippen LogP contribution in [0.4, 0.5) is 11.4 Å². The standard InChI is InChI=1S/C15H16N2O2S/c1-20-14-9-5-3-7-12(14)17-15(18)10-19-13-8-4-2-6-11(13)16/h2-9H,10,16H2,1H3,(H,17,18). The first-order valence-corrected chi connectivity index (χ1v) is 7.33. The number of nitrogens with two attached hydrogens (primary N) is 1. The smallest absolute Gasteiger partial charge is 0.262 e. The summed E-state index contributed by atoms with van der Waals surface area (Å²) < 4.78 is 5.40. The summed E-state index contributed by atoms with van der Waals surface area (Å²) in [5, 5.41) is 2.83. The molecule has 2 rings (SSSR count). The topological polar surface area (TPSA) is 64.3 Å². The van der Waals surface area contributed by atoms with Crippen LogP contribution in [0.2, 0.25) is 0 Å². The normalized spacial score (nSPS) is 10.1. The van der Waals surface area contributed by atoms with Crippen molar-refractivity contribution in [3.05, 3.63) is 48.5 Å². The first-order valence-electron chi connectivity index (χ1n) is 6.11. The minimum atomic E-state index is -0.213. The Kier molecular flexibility index (Phi) is 4.90. The van der Waals surface area contributed by atoms with E-state index in [-0.39, 0.29) is 12.5 Å². The van der Waals surface area contributed by atoms with Gasteiger partial charge in [0.05, 0.1) is 11.4 Å². The predicted octanol–water partition coefficient (Wildman–Crippen LogP) is 3.01. The van der Waals surface area contributed by atoms with Crippen molar-refractivity contribution in [3.8, 4) is 5.75 Å². The largest absolute Gasteiger partial charge is 0.482 e. The average Bonchev–Trinajstić information content (AvgIpc) is 2.47. The molecular weight excluding hydrogens is 272 g/mol. The second-order valence-corrected chi connectivity index (χ2v) is 4.92. The van der Waals surface area contributed by atoms with Crippen LogP contribution in [-0.4, -0.2) is 18.8 Å². The molecule has 20 heavy (non-hydrogen) atoms. The molecule has 0 bridgehead atoms. The molecule has 0 aliphatic carbocycles. The van der Waals surface area contributed by atoms with E-state index in [9.17, 15) is 4.79 Å². The Bertz CT molecular complexity index is 602. The third kappa shape index (κ3) is 3.68. The molecule has 5 heteroatoms. The minimum Gasteiger partial charge on any atom is -0.482 e. The number of amides is 1. The van der Waals surface area contributed by atoms with E-state index in [2.05, 4.69) is 5.32 Å². The van der Waals surface area contributed by atoms with E-state index >= 15 is 0 Å². The minimum absolute atomic E-state index is 0.0725. The SMILES string of the molecule is CSc1ccccc1NC(=O)COc1ccccc1N. The number of hydrogen-bond acceptors (Lipinski definition) is 4. The van der Waals surface area contributed by atoms with Crippen LogP contribution in [0.25, 0.3) is 0 Å².